The summed E-state index contributed by atoms with van der Waals surface area (Å²) >= 11 is 9.45. The van der Waals surface area contributed by atoms with Crippen LogP contribution in [-0.4, -0.2) is 25.8 Å². The van der Waals surface area contributed by atoms with Crippen molar-refractivity contribution < 1.29 is 9.90 Å². The molecule has 18 heavy (non-hydrogen) atoms. The first kappa shape index (κ1) is 13.0. The maximum absolute atomic E-state index is 10.8. The van der Waals surface area contributed by atoms with Crippen LogP contribution in [0.2, 0.25) is 5.02 Å². The van der Waals surface area contributed by atoms with E-state index < -0.39 is 5.97 Å². The van der Waals surface area contributed by atoms with Crippen LogP contribution in [0, 0.1) is 13.8 Å². The fourth-order valence-electron chi connectivity index (χ4n) is 1.53. The Hall–Kier alpha value is -1.40. The molecule has 7 heteroatoms. The molecule has 0 aliphatic heterocycles. The van der Waals surface area contributed by atoms with Crippen LogP contribution in [0.1, 0.15) is 21.7 Å². The molecular formula is C11H9BrClN3O2. The standard InChI is InChI=1S/C11H9BrClN3O2/c1-5-9(12)6(2)16(15-5)10-8(13)3-7(4-14-10)11(17)18/h3-4H,1-2H3,(H,17,18). The summed E-state index contributed by atoms with van der Waals surface area (Å²) < 4.78 is 2.45. The maximum Gasteiger partial charge on any atom is 0.337 e. The lowest BCUT2D eigenvalue weighted by Gasteiger charge is -2.06. The summed E-state index contributed by atoms with van der Waals surface area (Å²) in [7, 11) is 0. The average molecular weight is 331 g/mol. The highest BCUT2D eigenvalue weighted by molar-refractivity contribution is 9.10. The Kier molecular flexibility index (Phi) is 3.41. The smallest absolute Gasteiger partial charge is 0.337 e. The van der Waals surface area contributed by atoms with E-state index in [9.17, 15) is 4.79 Å². The van der Waals surface area contributed by atoms with Crippen molar-refractivity contribution in [2.45, 2.75) is 13.8 Å². The van der Waals surface area contributed by atoms with E-state index in [2.05, 4.69) is 26.0 Å². The van der Waals surface area contributed by atoms with Crippen molar-refractivity contribution in [2.24, 2.45) is 0 Å². The van der Waals surface area contributed by atoms with Crippen LogP contribution in [0.3, 0.4) is 0 Å². The molecule has 0 fully saturated rings. The van der Waals surface area contributed by atoms with E-state index in [1.54, 1.807) is 4.68 Å². The molecule has 0 radical (unpaired) electrons. The number of halogens is 2. The van der Waals surface area contributed by atoms with E-state index in [-0.39, 0.29) is 10.6 Å². The van der Waals surface area contributed by atoms with Crippen LogP contribution < -0.4 is 0 Å². The van der Waals surface area contributed by atoms with Crippen LogP contribution in [0.15, 0.2) is 16.7 Å². The SMILES string of the molecule is Cc1nn(-c2ncc(C(=O)O)cc2Cl)c(C)c1Br. The van der Waals surface area contributed by atoms with Crippen LogP contribution in [0.4, 0.5) is 0 Å². The molecule has 0 atom stereocenters. The van der Waals surface area contributed by atoms with Gasteiger partial charge >= 0.3 is 5.97 Å². The van der Waals surface area contributed by atoms with Crippen molar-refractivity contribution in [1.29, 1.82) is 0 Å². The van der Waals surface area contributed by atoms with Crippen LogP contribution in [-0.2, 0) is 0 Å². The lowest BCUT2D eigenvalue weighted by molar-refractivity contribution is 0.0696. The first-order valence-electron chi connectivity index (χ1n) is 5.02. The minimum atomic E-state index is -1.06. The first-order chi connectivity index (χ1) is 8.41. The largest absolute Gasteiger partial charge is 0.478 e. The number of hydrogen-bond acceptors (Lipinski definition) is 3. The molecule has 0 aromatic carbocycles. The van der Waals surface area contributed by atoms with Crippen molar-refractivity contribution in [1.82, 2.24) is 14.8 Å². The second-order valence-corrected chi connectivity index (χ2v) is 4.93. The van der Waals surface area contributed by atoms with Gasteiger partial charge in [-0.25, -0.2) is 14.5 Å². The predicted octanol–water partition coefficient (Wildman–Crippen LogP) is 3.00. The molecule has 5 nitrogen and oxygen atoms in total. The number of aryl methyl sites for hydroxylation is 1. The molecule has 0 spiro atoms. The highest BCUT2D eigenvalue weighted by Gasteiger charge is 2.15. The molecule has 0 aliphatic rings. The molecule has 2 aromatic heterocycles. The Balaban J connectivity index is 2.58. The highest BCUT2D eigenvalue weighted by atomic mass is 79.9. The minimum Gasteiger partial charge on any atom is -0.478 e. The molecule has 2 aromatic rings. The summed E-state index contributed by atoms with van der Waals surface area (Å²) in [5, 5.41) is 13.4. The number of hydrogen-bond donors (Lipinski definition) is 1. The number of carboxylic acid groups (broad SMARTS) is 1. The number of aromatic carboxylic acids is 1. The minimum absolute atomic E-state index is 0.0457. The molecule has 2 rings (SSSR count). The lowest BCUT2D eigenvalue weighted by atomic mass is 10.3. The zero-order valence-electron chi connectivity index (χ0n) is 9.61. The summed E-state index contributed by atoms with van der Waals surface area (Å²) in [6.07, 6.45) is 1.26. The predicted molar refractivity (Wildman–Crippen MR) is 70.5 cm³/mol. The number of pyridine rings is 1. The van der Waals surface area contributed by atoms with E-state index in [0.29, 0.717) is 5.82 Å². The second-order valence-electron chi connectivity index (χ2n) is 3.73. The third-order valence-corrected chi connectivity index (χ3v) is 3.90. The lowest BCUT2D eigenvalue weighted by Crippen LogP contribution is -2.05. The third kappa shape index (κ3) is 2.13. The Morgan fingerprint density at radius 3 is 2.61 bits per heavy atom. The van der Waals surface area contributed by atoms with Gasteiger partial charge < -0.3 is 5.11 Å². The molecule has 0 amide bonds. The molecule has 0 saturated heterocycles. The number of carbonyl (C=O) groups is 1. The van der Waals surface area contributed by atoms with Crippen molar-refractivity contribution in [3.63, 3.8) is 0 Å². The van der Waals surface area contributed by atoms with E-state index in [4.69, 9.17) is 16.7 Å². The van der Waals surface area contributed by atoms with Crippen LogP contribution in [0.25, 0.3) is 5.82 Å². The Morgan fingerprint density at radius 2 is 2.17 bits per heavy atom. The highest BCUT2D eigenvalue weighted by Crippen LogP contribution is 2.26. The zero-order valence-corrected chi connectivity index (χ0v) is 11.9. The number of aromatic nitrogens is 3. The molecule has 2 heterocycles. The fourth-order valence-corrected chi connectivity index (χ4v) is 2.03. The molecule has 0 bridgehead atoms. The van der Waals surface area contributed by atoms with Gasteiger partial charge in [-0.3, -0.25) is 0 Å². The normalized spacial score (nSPS) is 10.7. The Labute approximate surface area is 117 Å². The molecule has 94 valence electrons. The van der Waals surface area contributed by atoms with E-state index in [1.165, 1.54) is 12.3 Å². The molecule has 0 saturated carbocycles. The van der Waals surface area contributed by atoms with Gasteiger partial charge in [0.1, 0.15) is 0 Å². The van der Waals surface area contributed by atoms with Crippen molar-refractivity contribution in [3.05, 3.63) is 38.7 Å². The Bertz CT molecular complexity index is 639. The van der Waals surface area contributed by atoms with Crippen LogP contribution >= 0.6 is 27.5 Å². The second kappa shape index (κ2) is 4.70. The van der Waals surface area contributed by atoms with Gasteiger partial charge in [-0.05, 0) is 35.8 Å². The molecule has 0 unspecified atom stereocenters. The average Bonchev–Trinajstić information content (AvgIpc) is 2.57. The van der Waals surface area contributed by atoms with Crippen molar-refractivity contribution in [3.8, 4) is 5.82 Å². The fraction of sp³-hybridized carbons (Fsp3) is 0.182. The van der Waals surface area contributed by atoms with Gasteiger partial charge in [0.2, 0.25) is 0 Å². The number of rotatable bonds is 2. The van der Waals surface area contributed by atoms with Gasteiger partial charge in [0.05, 0.1) is 26.4 Å². The van der Waals surface area contributed by atoms with Gasteiger partial charge in [0.25, 0.3) is 0 Å². The quantitative estimate of drug-likeness (QED) is 0.919. The van der Waals surface area contributed by atoms with Crippen LogP contribution in [0.5, 0.6) is 0 Å². The van der Waals surface area contributed by atoms with E-state index >= 15 is 0 Å². The van der Waals surface area contributed by atoms with Gasteiger partial charge in [-0.1, -0.05) is 11.6 Å². The summed E-state index contributed by atoms with van der Waals surface area (Å²) in [5.74, 6) is -0.654. The first-order valence-corrected chi connectivity index (χ1v) is 6.20. The number of carboxylic acids is 1. The molecule has 1 N–H and O–H groups in total. The monoisotopic (exact) mass is 329 g/mol. The van der Waals surface area contributed by atoms with E-state index in [0.717, 1.165) is 15.9 Å². The summed E-state index contributed by atoms with van der Waals surface area (Å²) in [6.45, 7) is 3.72. The van der Waals surface area contributed by atoms with Gasteiger partial charge in [0, 0.05) is 6.20 Å². The summed E-state index contributed by atoms with van der Waals surface area (Å²) in [6, 6.07) is 1.36. The molecule has 0 aliphatic carbocycles. The summed E-state index contributed by atoms with van der Waals surface area (Å²) in [4.78, 5) is 14.8. The van der Waals surface area contributed by atoms with Crippen molar-refractivity contribution >= 4 is 33.5 Å². The zero-order chi connectivity index (χ0) is 13.4. The van der Waals surface area contributed by atoms with Gasteiger partial charge in [-0.15, -0.1) is 0 Å². The third-order valence-electron chi connectivity index (χ3n) is 2.47. The van der Waals surface area contributed by atoms with Gasteiger partial charge in [-0.2, -0.15) is 5.10 Å². The Morgan fingerprint density at radius 1 is 1.50 bits per heavy atom. The maximum atomic E-state index is 10.8. The summed E-state index contributed by atoms with van der Waals surface area (Å²) in [5.41, 5.74) is 1.71. The topological polar surface area (TPSA) is 68.0 Å². The molecular weight excluding hydrogens is 321 g/mol. The van der Waals surface area contributed by atoms with Crippen molar-refractivity contribution in [2.75, 3.05) is 0 Å². The van der Waals surface area contributed by atoms with Gasteiger partial charge in [0.15, 0.2) is 5.82 Å². The van der Waals surface area contributed by atoms with E-state index in [1.807, 2.05) is 13.8 Å². The number of nitrogens with zero attached hydrogens (tertiary/aromatic N) is 3.